The van der Waals surface area contributed by atoms with Gasteiger partial charge in [-0.05, 0) is 48.4 Å². The third kappa shape index (κ3) is 6.61. The van der Waals surface area contributed by atoms with E-state index in [9.17, 15) is 14.4 Å². The minimum atomic E-state index is -0.894. The minimum absolute atomic E-state index is 0.0458. The van der Waals surface area contributed by atoms with Crippen molar-refractivity contribution in [2.45, 2.75) is 63.1 Å². The van der Waals surface area contributed by atoms with Crippen LogP contribution in [0, 0.1) is 5.92 Å². The molecule has 188 valence electrons. The number of nitrogens with two attached hydrogens (primary N) is 1. The number of rotatable bonds is 11. The number of hydrogen-bond donors (Lipinski definition) is 3. The average Bonchev–Trinajstić information content (AvgIpc) is 3.22. The lowest BCUT2D eigenvalue weighted by Crippen LogP contribution is -2.54. The lowest BCUT2D eigenvalue weighted by Gasteiger charge is -2.43. The van der Waals surface area contributed by atoms with E-state index in [0.29, 0.717) is 24.4 Å². The van der Waals surface area contributed by atoms with E-state index in [1.165, 1.54) is 0 Å². The van der Waals surface area contributed by atoms with Crippen LogP contribution in [0.3, 0.4) is 0 Å². The number of nitrogens with one attached hydrogen (secondary N) is 2. The second-order valence-electron chi connectivity index (χ2n) is 9.71. The SMILES string of the molecule is CC(OC(N)=O)C(N[C@H](C=O)C[C@@H]1CCNC1=O)C(c1ccccc1)C(C)(C)c1cccc(Cl)c1. The molecule has 2 aromatic rings. The Balaban J connectivity index is 2.06. The van der Waals surface area contributed by atoms with Gasteiger partial charge in [0.1, 0.15) is 12.4 Å². The molecule has 1 aliphatic rings. The van der Waals surface area contributed by atoms with Gasteiger partial charge >= 0.3 is 6.09 Å². The Morgan fingerprint density at radius 1 is 1.26 bits per heavy atom. The Bertz CT molecular complexity index is 1030. The maximum Gasteiger partial charge on any atom is 0.404 e. The summed E-state index contributed by atoms with van der Waals surface area (Å²) in [5, 5.41) is 6.87. The van der Waals surface area contributed by atoms with Crippen LogP contribution >= 0.6 is 11.6 Å². The molecule has 8 heteroatoms. The van der Waals surface area contributed by atoms with Crippen LogP contribution in [0.25, 0.3) is 0 Å². The van der Waals surface area contributed by atoms with Crippen molar-refractivity contribution in [3.05, 3.63) is 70.7 Å². The molecule has 5 atom stereocenters. The molecule has 3 unspecified atom stereocenters. The van der Waals surface area contributed by atoms with Crippen LogP contribution in [-0.2, 0) is 19.7 Å². The molecule has 0 aliphatic carbocycles. The predicted molar refractivity (Wildman–Crippen MR) is 136 cm³/mol. The van der Waals surface area contributed by atoms with E-state index in [2.05, 4.69) is 24.5 Å². The first-order valence-electron chi connectivity index (χ1n) is 11.9. The van der Waals surface area contributed by atoms with E-state index in [-0.39, 0.29) is 17.7 Å². The molecule has 1 saturated heterocycles. The third-order valence-corrected chi connectivity index (χ3v) is 7.18. The molecule has 0 saturated carbocycles. The van der Waals surface area contributed by atoms with Gasteiger partial charge in [0, 0.05) is 23.4 Å². The molecule has 0 radical (unpaired) electrons. The number of carbonyl (C=O) groups is 3. The van der Waals surface area contributed by atoms with Crippen LogP contribution in [0.4, 0.5) is 4.79 Å². The summed E-state index contributed by atoms with van der Waals surface area (Å²) in [6, 6.07) is 16.4. The largest absolute Gasteiger partial charge is 0.445 e. The molecule has 3 rings (SSSR count). The predicted octanol–water partition coefficient (Wildman–Crippen LogP) is 3.94. The Hall–Kier alpha value is -2.90. The summed E-state index contributed by atoms with van der Waals surface area (Å²) in [4.78, 5) is 36.1. The van der Waals surface area contributed by atoms with Crippen molar-refractivity contribution in [1.82, 2.24) is 10.6 Å². The summed E-state index contributed by atoms with van der Waals surface area (Å²) in [6.07, 6.45) is 0.294. The molecule has 0 aromatic heterocycles. The first-order chi connectivity index (χ1) is 16.6. The monoisotopic (exact) mass is 499 g/mol. The van der Waals surface area contributed by atoms with Crippen molar-refractivity contribution in [2.24, 2.45) is 11.7 Å². The highest BCUT2D eigenvalue weighted by molar-refractivity contribution is 6.30. The normalized spacial score (nSPS) is 19.3. The molecule has 0 bridgehead atoms. The average molecular weight is 500 g/mol. The van der Waals surface area contributed by atoms with Crippen LogP contribution in [-0.4, -0.2) is 43.0 Å². The number of carbonyl (C=O) groups excluding carboxylic acids is 3. The smallest absolute Gasteiger partial charge is 0.404 e. The van der Waals surface area contributed by atoms with E-state index in [4.69, 9.17) is 22.1 Å². The molecule has 0 spiro atoms. The standard InChI is InChI=1S/C27H34ClN3O4/c1-17(35-26(29)34)24(31-22(16-32)14-19-12-13-30-25(19)33)23(18-8-5-4-6-9-18)27(2,3)20-10-7-11-21(28)15-20/h4-11,15-17,19,22-24,31H,12-14H2,1-3H3,(H2,29,34)(H,30,33)/t17?,19-,22-,23?,24?/m0/s1. The van der Waals surface area contributed by atoms with E-state index < -0.39 is 29.7 Å². The lowest BCUT2D eigenvalue weighted by molar-refractivity contribution is -0.123. The fourth-order valence-corrected chi connectivity index (χ4v) is 5.34. The van der Waals surface area contributed by atoms with E-state index in [1.807, 2.05) is 54.6 Å². The van der Waals surface area contributed by atoms with Gasteiger partial charge in [-0.1, -0.05) is 67.9 Å². The first-order valence-corrected chi connectivity index (χ1v) is 12.3. The summed E-state index contributed by atoms with van der Waals surface area (Å²) < 4.78 is 5.46. The molecule has 1 fully saturated rings. The van der Waals surface area contributed by atoms with Crippen LogP contribution in [0.5, 0.6) is 0 Å². The number of hydrogen-bond acceptors (Lipinski definition) is 5. The van der Waals surface area contributed by atoms with Crippen LogP contribution in [0.1, 0.15) is 50.7 Å². The van der Waals surface area contributed by atoms with Crippen LogP contribution in [0.2, 0.25) is 5.02 Å². The quantitative estimate of drug-likeness (QED) is 0.405. The second-order valence-corrected chi connectivity index (χ2v) is 10.1. The summed E-state index contributed by atoms with van der Waals surface area (Å²) in [5.41, 5.74) is 6.89. The van der Waals surface area contributed by atoms with Crippen molar-refractivity contribution >= 4 is 29.9 Å². The van der Waals surface area contributed by atoms with Crippen molar-refractivity contribution in [1.29, 1.82) is 0 Å². The van der Waals surface area contributed by atoms with Gasteiger partial charge in [0.2, 0.25) is 5.91 Å². The van der Waals surface area contributed by atoms with Gasteiger partial charge in [0.15, 0.2) is 0 Å². The Morgan fingerprint density at radius 3 is 2.54 bits per heavy atom. The van der Waals surface area contributed by atoms with Gasteiger partial charge in [-0.25, -0.2) is 4.79 Å². The molecule has 1 aliphatic heterocycles. The topological polar surface area (TPSA) is 111 Å². The fourth-order valence-electron chi connectivity index (χ4n) is 5.15. The fraction of sp³-hybridized carbons (Fsp3) is 0.444. The Morgan fingerprint density at radius 2 is 1.97 bits per heavy atom. The van der Waals surface area contributed by atoms with Gasteiger partial charge < -0.3 is 25.9 Å². The van der Waals surface area contributed by atoms with Gasteiger partial charge in [0.05, 0.1) is 12.1 Å². The molecular formula is C27H34ClN3O4. The first kappa shape index (κ1) is 26.7. The second kappa shape index (κ2) is 11.7. The molecule has 2 aromatic carbocycles. The zero-order chi connectivity index (χ0) is 25.6. The Labute approximate surface area is 211 Å². The van der Waals surface area contributed by atoms with Crippen molar-refractivity contribution in [3.63, 3.8) is 0 Å². The number of aldehydes is 1. The zero-order valence-electron chi connectivity index (χ0n) is 20.4. The summed E-state index contributed by atoms with van der Waals surface area (Å²) in [5.74, 6) is -0.547. The highest BCUT2D eigenvalue weighted by atomic mass is 35.5. The number of benzene rings is 2. The maximum absolute atomic E-state index is 12.2. The number of halogens is 1. The minimum Gasteiger partial charge on any atom is -0.445 e. The van der Waals surface area contributed by atoms with Crippen LogP contribution < -0.4 is 16.4 Å². The van der Waals surface area contributed by atoms with Gasteiger partial charge in [-0.2, -0.15) is 0 Å². The van der Waals surface area contributed by atoms with Crippen molar-refractivity contribution in [2.75, 3.05) is 6.54 Å². The van der Waals surface area contributed by atoms with Gasteiger partial charge in [0.25, 0.3) is 0 Å². The third-order valence-electron chi connectivity index (χ3n) is 6.94. The number of amides is 2. The van der Waals surface area contributed by atoms with Gasteiger partial charge in [-0.3, -0.25) is 4.79 Å². The molecule has 7 nitrogen and oxygen atoms in total. The molecule has 1 heterocycles. The lowest BCUT2D eigenvalue weighted by atomic mass is 9.66. The van der Waals surface area contributed by atoms with Crippen LogP contribution in [0.15, 0.2) is 54.6 Å². The Kier molecular flexibility index (Phi) is 8.92. The molecule has 35 heavy (non-hydrogen) atoms. The van der Waals surface area contributed by atoms with E-state index in [1.54, 1.807) is 6.92 Å². The highest BCUT2D eigenvalue weighted by Crippen LogP contribution is 2.43. The molecular weight excluding hydrogens is 466 g/mol. The molecule has 4 N–H and O–H groups in total. The zero-order valence-corrected chi connectivity index (χ0v) is 21.1. The number of primary amides is 1. The van der Waals surface area contributed by atoms with Crippen molar-refractivity contribution in [3.8, 4) is 0 Å². The molecule has 2 amide bonds. The maximum atomic E-state index is 12.2. The van der Waals surface area contributed by atoms with Gasteiger partial charge in [-0.15, -0.1) is 0 Å². The van der Waals surface area contributed by atoms with E-state index >= 15 is 0 Å². The summed E-state index contributed by atoms with van der Waals surface area (Å²) in [6.45, 7) is 6.56. The summed E-state index contributed by atoms with van der Waals surface area (Å²) in [7, 11) is 0. The van der Waals surface area contributed by atoms with E-state index in [0.717, 1.165) is 17.4 Å². The highest BCUT2D eigenvalue weighted by Gasteiger charge is 2.43. The van der Waals surface area contributed by atoms with Crippen molar-refractivity contribution < 1.29 is 19.1 Å². The number of ether oxygens (including phenoxy) is 1. The summed E-state index contributed by atoms with van der Waals surface area (Å²) >= 11 is 6.34.